The van der Waals surface area contributed by atoms with E-state index in [0.29, 0.717) is 0 Å². The fourth-order valence-corrected chi connectivity index (χ4v) is 4.03. The van der Waals surface area contributed by atoms with E-state index in [1.165, 1.54) is 0 Å². The van der Waals surface area contributed by atoms with Crippen molar-refractivity contribution in [2.75, 3.05) is 21.3 Å². The Hall–Kier alpha value is -3.64. The molecule has 3 aromatic rings. The monoisotopic (exact) mass is 416 g/mol. The van der Waals surface area contributed by atoms with Crippen LogP contribution in [-0.2, 0) is 0 Å². The summed E-state index contributed by atoms with van der Waals surface area (Å²) < 4.78 is 22.5. The van der Waals surface area contributed by atoms with E-state index in [-0.39, 0.29) is 12.3 Å². The molecule has 0 bridgehead atoms. The largest absolute Gasteiger partial charge is 0.497 e. The van der Waals surface area contributed by atoms with Gasteiger partial charge in [-0.3, -0.25) is 0 Å². The van der Waals surface area contributed by atoms with Gasteiger partial charge in [-0.2, -0.15) is 5.01 Å². The van der Waals surface area contributed by atoms with Crippen molar-refractivity contribution in [2.24, 2.45) is 0 Å². The minimum Gasteiger partial charge on any atom is -0.497 e. The highest BCUT2D eigenvalue weighted by molar-refractivity contribution is 5.68. The Balaban J connectivity index is 1.55. The van der Waals surface area contributed by atoms with Crippen LogP contribution in [0.2, 0.25) is 0 Å². The van der Waals surface area contributed by atoms with Crippen LogP contribution < -0.4 is 24.4 Å². The van der Waals surface area contributed by atoms with E-state index in [9.17, 15) is 0 Å². The van der Waals surface area contributed by atoms with Gasteiger partial charge in [0.05, 0.1) is 33.1 Å². The van der Waals surface area contributed by atoms with Crippen LogP contribution in [-0.4, -0.2) is 26.3 Å². The molecule has 0 fully saturated rings. The van der Waals surface area contributed by atoms with Gasteiger partial charge in [0.25, 0.3) is 0 Å². The maximum atomic E-state index is 6.44. The summed E-state index contributed by atoms with van der Waals surface area (Å²) in [7, 11) is 5.01. The average Bonchev–Trinajstić information content (AvgIpc) is 3.29. The maximum absolute atomic E-state index is 6.44. The second-order valence-corrected chi connectivity index (χ2v) is 7.42. The second kappa shape index (κ2) is 7.89. The van der Waals surface area contributed by atoms with Crippen LogP contribution in [0, 0.1) is 0 Å². The first-order valence-electron chi connectivity index (χ1n) is 10.1. The third-order valence-corrected chi connectivity index (χ3v) is 5.70. The molecule has 2 heterocycles. The van der Waals surface area contributed by atoms with Gasteiger partial charge in [-0.05, 0) is 66.2 Å². The van der Waals surface area contributed by atoms with Crippen molar-refractivity contribution in [1.82, 2.24) is 10.4 Å². The summed E-state index contributed by atoms with van der Waals surface area (Å²) in [5, 5.41) is 2.13. The van der Waals surface area contributed by atoms with Gasteiger partial charge in [-0.25, -0.2) is 0 Å². The van der Waals surface area contributed by atoms with Gasteiger partial charge in [0.15, 0.2) is 6.23 Å². The molecule has 0 saturated heterocycles. The Morgan fingerprint density at radius 2 is 1.39 bits per heavy atom. The predicted molar refractivity (Wildman–Crippen MR) is 118 cm³/mol. The van der Waals surface area contributed by atoms with E-state index in [1.807, 2.05) is 66.7 Å². The number of hydrogen-bond acceptors (Lipinski definition) is 6. The van der Waals surface area contributed by atoms with E-state index in [4.69, 9.17) is 18.9 Å². The highest BCUT2D eigenvalue weighted by atomic mass is 16.5. The zero-order chi connectivity index (χ0) is 21.4. The lowest BCUT2D eigenvalue weighted by molar-refractivity contribution is -0.0327. The van der Waals surface area contributed by atoms with Crippen molar-refractivity contribution < 1.29 is 18.9 Å². The summed E-state index contributed by atoms with van der Waals surface area (Å²) in [5.41, 5.74) is 7.74. The Morgan fingerprint density at radius 3 is 2.03 bits per heavy atom. The molecule has 6 nitrogen and oxygen atoms in total. The molecular formula is C25H24N2O4. The summed E-state index contributed by atoms with van der Waals surface area (Å²) in [6, 6.07) is 21.9. The molecule has 1 N–H and O–H groups in total. The molecule has 2 aliphatic heterocycles. The molecule has 0 spiro atoms. The van der Waals surface area contributed by atoms with Crippen molar-refractivity contribution in [3.05, 3.63) is 89.5 Å². The number of methoxy groups -OCH3 is 3. The number of nitrogens with zero attached hydrogens (tertiary/aromatic N) is 1. The lowest BCUT2D eigenvalue weighted by Gasteiger charge is -2.39. The predicted octanol–water partition coefficient (Wildman–Crippen LogP) is 4.71. The Bertz CT molecular complexity index is 1110. The number of rotatable bonds is 5. The van der Waals surface area contributed by atoms with Crippen molar-refractivity contribution >= 4 is 5.70 Å². The number of benzene rings is 3. The molecule has 0 aliphatic carbocycles. The van der Waals surface area contributed by atoms with Crippen LogP contribution in [0.3, 0.4) is 0 Å². The van der Waals surface area contributed by atoms with E-state index in [1.54, 1.807) is 21.3 Å². The second-order valence-electron chi connectivity index (χ2n) is 7.42. The smallest absolute Gasteiger partial charge is 0.195 e. The standard InChI is InChI=1S/C25H24N2O4/c1-28-18-8-4-16(5-9-18)22-15-23-21-14-20(30-3)12-13-24(21)31-25(27(23)26-22)17-6-10-19(29-2)11-7-17/h4-15,23,25-26H,1-3H3/t23-,25+/m1/s1. The van der Waals surface area contributed by atoms with Gasteiger partial charge in [0.1, 0.15) is 23.0 Å². The Morgan fingerprint density at radius 1 is 0.774 bits per heavy atom. The Labute approximate surface area is 181 Å². The van der Waals surface area contributed by atoms with Crippen LogP contribution >= 0.6 is 0 Å². The number of hydrazine groups is 1. The zero-order valence-electron chi connectivity index (χ0n) is 17.7. The minimum absolute atomic E-state index is 0.0111. The normalized spacial score (nSPS) is 19.4. The van der Waals surface area contributed by atoms with Crippen molar-refractivity contribution in [3.8, 4) is 23.0 Å². The number of ether oxygens (including phenoxy) is 4. The van der Waals surface area contributed by atoms with Crippen molar-refractivity contribution in [1.29, 1.82) is 0 Å². The molecule has 0 aromatic heterocycles. The summed E-state index contributed by atoms with van der Waals surface area (Å²) >= 11 is 0. The quantitative estimate of drug-likeness (QED) is 0.650. The highest BCUT2D eigenvalue weighted by Crippen LogP contribution is 2.47. The molecule has 0 unspecified atom stereocenters. The lowest BCUT2D eigenvalue weighted by atomic mass is 10.0. The first kappa shape index (κ1) is 19.3. The third-order valence-electron chi connectivity index (χ3n) is 5.70. The summed E-state index contributed by atoms with van der Waals surface area (Å²) in [6.45, 7) is 0. The topological polar surface area (TPSA) is 52.2 Å². The van der Waals surface area contributed by atoms with Crippen molar-refractivity contribution in [2.45, 2.75) is 12.3 Å². The minimum atomic E-state index is -0.302. The zero-order valence-corrected chi connectivity index (χ0v) is 17.7. The first-order chi connectivity index (χ1) is 15.2. The Kier molecular flexibility index (Phi) is 4.92. The average molecular weight is 416 g/mol. The fourth-order valence-electron chi connectivity index (χ4n) is 4.03. The molecule has 0 saturated carbocycles. The van der Waals surface area contributed by atoms with Crippen LogP contribution in [0.25, 0.3) is 5.70 Å². The number of hydrogen-bond donors (Lipinski definition) is 1. The molecule has 3 aromatic carbocycles. The van der Waals surface area contributed by atoms with E-state index in [2.05, 4.69) is 16.5 Å². The number of nitrogens with one attached hydrogen (secondary N) is 1. The summed E-state index contributed by atoms with van der Waals surface area (Å²) in [6.07, 6.45) is 1.92. The van der Waals surface area contributed by atoms with Gasteiger partial charge in [0.2, 0.25) is 0 Å². The molecule has 0 radical (unpaired) electrons. The van der Waals surface area contributed by atoms with Gasteiger partial charge in [-0.15, -0.1) is 0 Å². The van der Waals surface area contributed by atoms with E-state index in [0.717, 1.165) is 45.4 Å². The molecule has 5 rings (SSSR count). The lowest BCUT2D eigenvalue weighted by Crippen LogP contribution is -2.43. The van der Waals surface area contributed by atoms with E-state index >= 15 is 0 Å². The number of fused-ring (bicyclic) bond motifs is 3. The fraction of sp³-hybridized carbons (Fsp3) is 0.200. The highest BCUT2D eigenvalue weighted by Gasteiger charge is 2.40. The molecule has 31 heavy (non-hydrogen) atoms. The molecule has 6 heteroatoms. The molecule has 0 amide bonds. The molecule has 2 atom stereocenters. The molecule has 2 aliphatic rings. The van der Waals surface area contributed by atoms with Gasteiger partial charge in [0, 0.05) is 11.1 Å². The summed E-state index contributed by atoms with van der Waals surface area (Å²) in [5.74, 6) is 3.29. The third kappa shape index (κ3) is 3.45. The van der Waals surface area contributed by atoms with Gasteiger partial charge < -0.3 is 24.4 Å². The molecule has 158 valence electrons. The maximum Gasteiger partial charge on any atom is 0.195 e. The first-order valence-corrected chi connectivity index (χ1v) is 10.1. The van der Waals surface area contributed by atoms with E-state index < -0.39 is 0 Å². The summed E-state index contributed by atoms with van der Waals surface area (Å²) in [4.78, 5) is 0. The van der Waals surface area contributed by atoms with Crippen LogP contribution in [0.5, 0.6) is 23.0 Å². The van der Waals surface area contributed by atoms with Crippen LogP contribution in [0.4, 0.5) is 0 Å². The van der Waals surface area contributed by atoms with Gasteiger partial charge in [-0.1, -0.05) is 12.1 Å². The van der Waals surface area contributed by atoms with Crippen LogP contribution in [0.1, 0.15) is 29.0 Å². The van der Waals surface area contributed by atoms with Gasteiger partial charge >= 0.3 is 0 Å². The van der Waals surface area contributed by atoms with Crippen molar-refractivity contribution in [3.63, 3.8) is 0 Å². The van der Waals surface area contributed by atoms with Crippen LogP contribution in [0.15, 0.2) is 72.8 Å². The molecular weight excluding hydrogens is 392 g/mol. The SMILES string of the molecule is COc1ccc(C2=C[C@@H]3c4cc(OC)ccc4O[C@@H](c4ccc(OC)cc4)N3N2)cc1.